The molecule has 0 heterocycles. The molecule has 1 atom stereocenters. The molecule has 2 N–H and O–H groups in total. The van der Waals surface area contributed by atoms with E-state index in [1.54, 1.807) is 0 Å². The van der Waals surface area contributed by atoms with E-state index in [-0.39, 0.29) is 12.7 Å². The zero-order valence-electron chi connectivity index (χ0n) is 11.5. The molecule has 18 heavy (non-hydrogen) atoms. The van der Waals surface area contributed by atoms with E-state index in [4.69, 9.17) is 9.84 Å². The Balaban J connectivity index is 2.35. The van der Waals surface area contributed by atoms with Crippen LogP contribution in [0.25, 0.3) is 0 Å². The van der Waals surface area contributed by atoms with Crippen molar-refractivity contribution in [2.45, 2.75) is 45.6 Å². The van der Waals surface area contributed by atoms with Gasteiger partial charge in [0.15, 0.2) is 0 Å². The van der Waals surface area contributed by atoms with Crippen LogP contribution < -0.4 is 10.1 Å². The van der Waals surface area contributed by atoms with Crippen LogP contribution in [0.15, 0.2) is 24.3 Å². The van der Waals surface area contributed by atoms with Crippen LogP contribution in [0.2, 0.25) is 0 Å². The van der Waals surface area contributed by atoms with Crippen molar-refractivity contribution in [3.8, 4) is 5.75 Å². The van der Waals surface area contributed by atoms with Crippen molar-refractivity contribution in [3.63, 3.8) is 0 Å². The molecule has 1 rings (SSSR count). The quantitative estimate of drug-likeness (QED) is 0.661. The molecule has 0 radical (unpaired) electrons. The summed E-state index contributed by atoms with van der Waals surface area (Å²) >= 11 is 0. The Morgan fingerprint density at radius 1 is 1.28 bits per heavy atom. The van der Waals surface area contributed by atoms with E-state index in [1.165, 1.54) is 0 Å². The van der Waals surface area contributed by atoms with Gasteiger partial charge in [-0.05, 0) is 44.7 Å². The maximum absolute atomic E-state index is 8.69. The lowest BCUT2D eigenvalue weighted by molar-refractivity contribution is 0.217. The predicted molar refractivity (Wildman–Crippen MR) is 76.2 cm³/mol. The van der Waals surface area contributed by atoms with Crippen LogP contribution in [0, 0.1) is 0 Å². The minimum absolute atomic E-state index is 0.254. The SMILES string of the molecule is CCC(C)Oc1cccc(NCCCCCO)c1. The molecule has 0 aliphatic rings. The van der Waals surface area contributed by atoms with Gasteiger partial charge in [0.25, 0.3) is 0 Å². The molecule has 0 bridgehead atoms. The van der Waals surface area contributed by atoms with Gasteiger partial charge in [-0.15, -0.1) is 0 Å². The molecule has 1 unspecified atom stereocenters. The van der Waals surface area contributed by atoms with Crippen LogP contribution in [0.5, 0.6) is 5.75 Å². The maximum atomic E-state index is 8.69. The van der Waals surface area contributed by atoms with Gasteiger partial charge in [0, 0.05) is 24.9 Å². The van der Waals surface area contributed by atoms with Gasteiger partial charge in [-0.3, -0.25) is 0 Å². The number of unbranched alkanes of at least 4 members (excludes halogenated alkanes) is 2. The molecule has 0 saturated carbocycles. The van der Waals surface area contributed by atoms with Crippen molar-refractivity contribution < 1.29 is 9.84 Å². The first-order valence-corrected chi connectivity index (χ1v) is 6.87. The third-order valence-corrected chi connectivity index (χ3v) is 2.91. The zero-order valence-corrected chi connectivity index (χ0v) is 11.5. The molecule has 3 nitrogen and oxygen atoms in total. The summed E-state index contributed by atoms with van der Waals surface area (Å²) in [7, 11) is 0. The fourth-order valence-corrected chi connectivity index (χ4v) is 1.64. The largest absolute Gasteiger partial charge is 0.491 e. The number of nitrogens with one attached hydrogen (secondary N) is 1. The van der Waals surface area contributed by atoms with Crippen molar-refractivity contribution in [1.82, 2.24) is 0 Å². The second-order valence-electron chi connectivity index (χ2n) is 4.58. The normalized spacial score (nSPS) is 12.2. The third kappa shape index (κ3) is 5.92. The van der Waals surface area contributed by atoms with E-state index >= 15 is 0 Å². The van der Waals surface area contributed by atoms with Gasteiger partial charge in [-0.1, -0.05) is 13.0 Å². The Hall–Kier alpha value is -1.22. The summed E-state index contributed by atoms with van der Waals surface area (Å²) in [6, 6.07) is 8.09. The van der Waals surface area contributed by atoms with Crippen molar-refractivity contribution in [1.29, 1.82) is 0 Å². The number of aliphatic hydroxyl groups excluding tert-OH is 1. The van der Waals surface area contributed by atoms with E-state index < -0.39 is 0 Å². The highest BCUT2D eigenvalue weighted by Gasteiger charge is 2.01. The molecule has 0 aromatic heterocycles. The number of hydrogen-bond donors (Lipinski definition) is 2. The first kappa shape index (κ1) is 14.8. The molecule has 1 aromatic carbocycles. The fourth-order valence-electron chi connectivity index (χ4n) is 1.64. The minimum Gasteiger partial charge on any atom is -0.491 e. The summed E-state index contributed by atoms with van der Waals surface area (Å²) in [6.07, 6.45) is 4.30. The van der Waals surface area contributed by atoms with Gasteiger partial charge in [-0.2, -0.15) is 0 Å². The minimum atomic E-state index is 0.254. The molecule has 0 spiro atoms. The van der Waals surface area contributed by atoms with Crippen LogP contribution >= 0.6 is 0 Å². The first-order valence-electron chi connectivity index (χ1n) is 6.87. The second-order valence-corrected chi connectivity index (χ2v) is 4.58. The van der Waals surface area contributed by atoms with Gasteiger partial charge in [0.1, 0.15) is 5.75 Å². The number of anilines is 1. The van der Waals surface area contributed by atoms with Crippen LogP contribution in [0.3, 0.4) is 0 Å². The molecule has 1 aromatic rings. The van der Waals surface area contributed by atoms with Crippen LogP contribution in [0.1, 0.15) is 39.5 Å². The Labute approximate surface area is 110 Å². The lowest BCUT2D eigenvalue weighted by Crippen LogP contribution is -2.10. The van der Waals surface area contributed by atoms with Gasteiger partial charge in [0.05, 0.1) is 6.10 Å². The highest BCUT2D eigenvalue weighted by molar-refractivity contribution is 5.48. The Bertz CT molecular complexity index is 328. The van der Waals surface area contributed by atoms with Crippen molar-refractivity contribution in [3.05, 3.63) is 24.3 Å². The zero-order chi connectivity index (χ0) is 13.2. The molecular weight excluding hydrogens is 226 g/mol. The molecule has 0 saturated heterocycles. The summed E-state index contributed by atoms with van der Waals surface area (Å²) < 4.78 is 5.78. The summed E-state index contributed by atoms with van der Waals surface area (Å²) in [5, 5.41) is 12.1. The highest BCUT2D eigenvalue weighted by atomic mass is 16.5. The number of hydrogen-bond acceptors (Lipinski definition) is 3. The standard InChI is InChI=1S/C15H25NO2/c1-3-13(2)18-15-9-7-8-14(12-15)16-10-5-4-6-11-17/h7-9,12-13,16-17H,3-6,10-11H2,1-2H3. The van der Waals surface area contributed by atoms with Crippen molar-refractivity contribution in [2.75, 3.05) is 18.5 Å². The fraction of sp³-hybridized carbons (Fsp3) is 0.600. The van der Waals surface area contributed by atoms with Gasteiger partial charge >= 0.3 is 0 Å². The number of benzene rings is 1. The Kier molecular flexibility index (Phi) is 7.26. The highest BCUT2D eigenvalue weighted by Crippen LogP contribution is 2.19. The molecular formula is C15H25NO2. The van der Waals surface area contributed by atoms with Gasteiger partial charge < -0.3 is 15.2 Å². The Morgan fingerprint density at radius 2 is 2.11 bits per heavy atom. The summed E-state index contributed by atoms with van der Waals surface area (Å²) in [5.74, 6) is 0.921. The van der Waals surface area contributed by atoms with Gasteiger partial charge in [0.2, 0.25) is 0 Å². The molecule has 102 valence electrons. The summed E-state index contributed by atoms with van der Waals surface area (Å²) in [6.45, 7) is 5.42. The summed E-state index contributed by atoms with van der Waals surface area (Å²) in [4.78, 5) is 0. The van der Waals surface area contributed by atoms with Crippen molar-refractivity contribution in [2.24, 2.45) is 0 Å². The second kappa shape index (κ2) is 8.81. The molecule has 0 aliphatic heterocycles. The van der Waals surface area contributed by atoms with Crippen LogP contribution in [0.4, 0.5) is 5.69 Å². The average Bonchev–Trinajstić information content (AvgIpc) is 2.39. The number of ether oxygens (including phenoxy) is 1. The lowest BCUT2D eigenvalue weighted by atomic mass is 10.2. The lowest BCUT2D eigenvalue weighted by Gasteiger charge is -2.14. The monoisotopic (exact) mass is 251 g/mol. The van der Waals surface area contributed by atoms with E-state index in [2.05, 4.69) is 25.2 Å². The number of rotatable bonds is 9. The average molecular weight is 251 g/mol. The van der Waals surface area contributed by atoms with Crippen LogP contribution in [-0.2, 0) is 0 Å². The molecule has 3 heteroatoms. The first-order chi connectivity index (χ1) is 8.76. The molecule has 0 amide bonds. The Morgan fingerprint density at radius 3 is 2.83 bits per heavy atom. The van der Waals surface area contributed by atoms with E-state index in [9.17, 15) is 0 Å². The van der Waals surface area contributed by atoms with Crippen LogP contribution in [-0.4, -0.2) is 24.4 Å². The van der Waals surface area contributed by atoms with E-state index in [1.807, 2.05) is 18.2 Å². The van der Waals surface area contributed by atoms with E-state index in [0.717, 1.165) is 43.7 Å². The number of aliphatic hydroxyl groups is 1. The topological polar surface area (TPSA) is 41.5 Å². The molecule has 0 fully saturated rings. The van der Waals surface area contributed by atoms with Crippen molar-refractivity contribution >= 4 is 5.69 Å². The van der Waals surface area contributed by atoms with E-state index in [0.29, 0.717) is 0 Å². The predicted octanol–water partition coefficient (Wildman–Crippen LogP) is 3.44. The van der Waals surface area contributed by atoms with Gasteiger partial charge in [-0.25, -0.2) is 0 Å². The third-order valence-electron chi connectivity index (χ3n) is 2.91. The molecule has 0 aliphatic carbocycles. The summed E-state index contributed by atoms with van der Waals surface area (Å²) in [5.41, 5.74) is 1.10. The smallest absolute Gasteiger partial charge is 0.121 e. The maximum Gasteiger partial charge on any atom is 0.121 e.